The van der Waals surface area contributed by atoms with Gasteiger partial charge in [-0.1, -0.05) is 36.4 Å². The van der Waals surface area contributed by atoms with Crippen LogP contribution in [0.25, 0.3) is 10.2 Å². The first-order chi connectivity index (χ1) is 10.4. The van der Waals surface area contributed by atoms with Crippen LogP contribution in [-0.2, 0) is 0 Å². The molecule has 3 aromatic rings. The lowest BCUT2D eigenvalue weighted by atomic mass is 10.1. The number of rotatable bonds is 6. The van der Waals surface area contributed by atoms with Crippen molar-refractivity contribution >= 4 is 21.6 Å². The van der Waals surface area contributed by atoms with E-state index in [1.807, 2.05) is 30.8 Å². The third-order valence-electron chi connectivity index (χ3n) is 3.42. The smallest absolute Gasteiger partial charge is 0.147 e. The summed E-state index contributed by atoms with van der Waals surface area (Å²) in [6, 6.07) is 16.4. The Morgan fingerprint density at radius 3 is 2.81 bits per heavy atom. The van der Waals surface area contributed by atoms with Crippen molar-refractivity contribution in [3.63, 3.8) is 0 Å². The van der Waals surface area contributed by atoms with Gasteiger partial charge in [-0.3, -0.25) is 0 Å². The molecule has 4 heteroatoms. The van der Waals surface area contributed by atoms with Gasteiger partial charge in [-0.2, -0.15) is 0 Å². The van der Waals surface area contributed by atoms with Crippen molar-refractivity contribution in [2.24, 2.45) is 0 Å². The van der Waals surface area contributed by atoms with Gasteiger partial charge in [0.1, 0.15) is 17.4 Å². The molecule has 0 aliphatic rings. The summed E-state index contributed by atoms with van der Waals surface area (Å²) in [6.07, 6.45) is 0.951. The number of ether oxygens (including phenoxy) is 1. The Balaban J connectivity index is 1.89. The van der Waals surface area contributed by atoms with E-state index in [4.69, 9.17) is 4.74 Å². The standard InChI is InChI=1S/C17H18N2OS/c1-18-11-10-14(13-6-3-2-4-7-13)20-15-8-5-9-16-17(15)19-12-21-16/h2-9,12,14,18H,10-11H2,1H3/t14-/m1/s1. The Morgan fingerprint density at radius 1 is 1.14 bits per heavy atom. The molecule has 0 bridgehead atoms. The molecule has 1 atom stereocenters. The Kier molecular flexibility index (Phi) is 4.48. The predicted octanol–water partition coefficient (Wildman–Crippen LogP) is 4.03. The van der Waals surface area contributed by atoms with Crippen molar-refractivity contribution in [2.75, 3.05) is 13.6 Å². The number of hydrogen-bond donors (Lipinski definition) is 1. The molecule has 1 heterocycles. The molecule has 3 nitrogen and oxygen atoms in total. The normalized spacial score (nSPS) is 12.4. The fourth-order valence-electron chi connectivity index (χ4n) is 2.35. The quantitative estimate of drug-likeness (QED) is 0.746. The molecule has 0 saturated carbocycles. The lowest BCUT2D eigenvalue weighted by Gasteiger charge is -2.20. The largest absolute Gasteiger partial charge is 0.483 e. The third kappa shape index (κ3) is 3.23. The molecule has 1 N–H and O–H groups in total. The van der Waals surface area contributed by atoms with Gasteiger partial charge in [0.2, 0.25) is 0 Å². The lowest BCUT2D eigenvalue weighted by molar-refractivity contribution is 0.197. The number of para-hydroxylation sites is 1. The average molecular weight is 298 g/mol. The van der Waals surface area contributed by atoms with Crippen LogP contribution in [0.1, 0.15) is 18.1 Å². The van der Waals surface area contributed by atoms with Crippen LogP contribution in [0.4, 0.5) is 0 Å². The van der Waals surface area contributed by atoms with Gasteiger partial charge in [0.05, 0.1) is 10.2 Å². The molecule has 0 saturated heterocycles. The molecule has 0 spiro atoms. The van der Waals surface area contributed by atoms with Gasteiger partial charge >= 0.3 is 0 Å². The highest BCUT2D eigenvalue weighted by Gasteiger charge is 2.15. The molecular formula is C17H18N2OS. The zero-order valence-electron chi connectivity index (χ0n) is 12.0. The van der Waals surface area contributed by atoms with Gasteiger partial charge in [-0.15, -0.1) is 11.3 Å². The zero-order chi connectivity index (χ0) is 14.5. The minimum atomic E-state index is 0.0333. The highest BCUT2D eigenvalue weighted by Crippen LogP contribution is 2.31. The molecule has 3 rings (SSSR count). The molecule has 0 radical (unpaired) electrons. The van der Waals surface area contributed by atoms with E-state index in [-0.39, 0.29) is 6.10 Å². The number of fused-ring (bicyclic) bond motifs is 1. The van der Waals surface area contributed by atoms with E-state index in [1.165, 1.54) is 5.56 Å². The molecule has 108 valence electrons. The first kappa shape index (κ1) is 14.0. The summed E-state index contributed by atoms with van der Waals surface area (Å²) in [5.41, 5.74) is 4.01. The van der Waals surface area contributed by atoms with Crippen LogP contribution < -0.4 is 10.1 Å². The van der Waals surface area contributed by atoms with Crippen LogP contribution in [0.5, 0.6) is 5.75 Å². The zero-order valence-corrected chi connectivity index (χ0v) is 12.8. The summed E-state index contributed by atoms with van der Waals surface area (Å²) in [5.74, 6) is 0.860. The van der Waals surface area contributed by atoms with Crippen molar-refractivity contribution in [2.45, 2.75) is 12.5 Å². The maximum absolute atomic E-state index is 6.28. The van der Waals surface area contributed by atoms with E-state index >= 15 is 0 Å². The molecule has 21 heavy (non-hydrogen) atoms. The summed E-state index contributed by atoms with van der Waals surface area (Å²) in [6.45, 7) is 0.909. The van der Waals surface area contributed by atoms with Crippen LogP contribution in [-0.4, -0.2) is 18.6 Å². The van der Waals surface area contributed by atoms with Crippen molar-refractivity contribution in [1.29, 1.82) is 0 Å². The summed E-state index contributed by atoms with van der Waals surface area (Å²) < 4.78 is 7.44. The van der Waals surface area contributed by atoms with Gasteiger partial charge < -0.3 is 10.1 Å². The number of nitrogens with one attached hydrogen (secondary N) is 1. The SMILES string of the molecule is CNCC[C@@H](Oc1cccc2scnc12)c1ccccc1. The van der Waals surface area contributed by atoms with Crippen LogP contribution in [0.15, 0.2) is 54.0 Å². The topological polar surface area (TPSA) is 34.1 Å². The molecule has 0 aliphatic carbocycles. The van der Waals surface area contributed by atoms with Gasteiger partial charge in [0, 0.05) is 6.42 Å². The summed E-state index contributed by atoms with van der Waals surface area (Å²) >= 11 is 1.64. The fourth-order valence-corrected chi connectivity index (χ4v) is 3.04. The highest BCUT2D eigenvalue weighted by molar-refractivity contribution is 7.16. The van der Waals surface area contributed by atoms with Crippen LogP contribution in [0.3, 0.4) is 0 Å². The Bertz CT molecular complexity index is 696. The van der Waals surface area contributed by atoms with E-state index in [0.717, 1.165) is 28.9 Å². The highest BCUT2D eigenvalue weighted by atomic mass is 32.1. The van der Waals surface area contributed by atoms with E-state index in [0.29, 0.717) is 0 Å². The van der Waals surface area contributed by atoms with Crippen molar-refractivity contribution in [3.8, 4) is 5.75 Å². The number of hydrogen-bond acceptors (Lipinski definition) is 4. The average Bonchev–Trinajstić information content (AvgIpc) is 3.01. The molecule has 0 aliphatic heterocycles. The van der Waals surface area contributed by atoms with Crippen LogP contribution in [0, 0.1) is 0 Å². The number of nitrogens with zero attached hydrogens (tertiary/aromatic N) is 1. The van der Waals surface area contributed by atoms with E-state index in [2.05, 4.69) is 40.6 Å². The monoisotopic (exact) mass is 298 g/mol. The Morgan fingerprint density at radius 2 is 2.00 bits per heavy atom. The molecule has 0 fully saturated rings. The molecule has 0 amide bonds. The minimum Gasteiger partial charge on any atom is -0.483 e. The van der Waals surface area contributed by atoms with Crippen LogP contribution in [0.2, 0.25) is 0 Å². The van der Waals surface area contributed by atoms with Crippen molar-refractivity contribution in [1.82, 2.24) is 10.3 Å². The molecule has 1 aromatic heterocycles. The second-order valence-corrected chi connectivity index (χ2v) is 5.75. The number of thiazole rings is 1. The first-order valence-electron chi connectivity index (χ1n) is 7.07. The van der Waals surface area contributed by atoms with Gasteiger partial charge in [-0.05, 0) is 31.3 Å². The maximum Gasteiger partial charge on any atom is 0.147 e. The second-order valence-electron chi connectivity index (χ2n) is 4.86. The van der Waals surface area contributed by atoms with Gasteiger partial charge in [0.25, 0.3) is 0 Å². The third-order valence-corrected chi connectivity index (χ3v) is 4.21. The van der Waals surface area contributed by atoms with E-state index < -0.39 is 0 Å². The first-order valence-corrected chi connectivity index (χ1v) is 7.95. The molecular weight excluding hydrogens is 280 g/mol. The Labute approximate surface area is 128 Å². The number of aromatic nitrogens is 1. The fraction of sp³-hybridized carbons (Fsp3) is 0.235. The summed E-state index contributed by atoms with van der Waals surface area (Å²) in [7, 11) is 1.96. The molecule has 2 aromatic carbocycles. The lowest BCUT2D eigenvalue weighted by Crippen LogP contribution is -2.16. The predicted molar refractivity (Wildman–Crippen MR) is 88.0 cm³/mol. The summed E-state index contributed by atoms with van der Waals surface area (Å²) in [4.78, 5) is 4.42. The number of benzene rings is 2. The van der Waals surface area contributed by atoms with Crippen molar-refractivity contribution in [3.05, 3.63) is 59.6 Å². The second kappa shape index (κ2) is 6.70. The molecule has 0 unspecified atom stereocenters. The summed E-state index contributed by atoms with van der Waals surface area (Å²) in [5, 5.41) is 3.19. The minimum absolute atomic E-state index is 0.0333. The van der Waals surface area contributed by atoms with Crippen molar-refractivity contribution < 1.29 is 4.74 Å². The maximum atomic E-state index is 6.28. The van der Waals surface area contributed by atoms with Crippen LogP contribution >= 0.6 is 11.3 Å². The van der Waals surface area contributed by atoms with E-state index in [1.54, 1.807) is 11.3 Å². The van der Waals surface area contributed by atoms with E-state index in [9.17, 15) is 0 Å². The van der Waals surface area contributed by atoms with Gasteiger partial charge in [0.15, 0.2) is 0 Å². The Hall–Kier alpha value is -1.91. The van der Waals surface area contributed by atoms with Gasteiger partial charge in [-0.25, -0.2) is 4.98 Å².